The van der Waals surface area contributed by atoms with E-state index in [1.165, 1.54) is 5.38 Å². The molecule has 0 saturated heterocycles. The lowest BCUT2D eigenvalue weighted by atomic mass is 10.1. The summed E-state index contributed by atoms with van der Waals surface area (Å²) in [5, 5.41) is 15.2. The average Bonchev–Trinajstić information content (AvgIpc) is 2.88. The van der Waals surface area contributed by atoms with Crippen molar-refractivity contribution in [3.05, 3.63) is 46.4 Å². The van der Waals surface area contributed by atoms with Crippen LogP contribution in [0.2, 0.25) is 0 Å². The Bertz CT molecular complexity index is 595. The van der Waals surface area contributed by atoms with Crippen LogP contribution in [-0.4, -0.2) is 16.9 Å². The van der Waals surface area contributed by atoms with Gasteiger partial charge in [-0.1, -0.05) is 18.2 Å². The lowest BCUT2D eigenvalue weighted by molar-refractivity contribution is -0.255. The molecule has 1 amide bonds. The molecule has 0 unspecified atom stereocenters. The number of nitrogens with one attached hydrogen (secondary N) is 1. The summed E-state index contributed by atoms with van der Waals surface area (Å²) in [5.41, 5.74) is 0.551. The Morgan fingerprint density at radius 2 is 2.00 bits per heavy atom. The van der Waals surface area contributed by atoms with Crippen molar-refractivity contribution in [2.24, 2.45) is 0 Å². The maximum Gasteiger partial charge on any atom is 0.234 e. The van der Waals surface area contributed by atoms with Crippen LogP contribution >= 0.6 is 11.3 Å². The molecule has 6 heteroatoms. The van der Waals surface area contributed by atoms with Gasteiger partial charge in [0.2, 0.25) is 5.91 Å². The van der Waals surface area contributed by atoms with Crippen LogP contribution in [0.1, 0.15) is 28.3 Å². The Kier molecular flexibility index (Phi) is 3.91. The zero-order valence-corrected chi connectivity index (χ0v) is 10.9. The van der Waals surface area contributed by atoms with Crippen LogP contribution < -0.4 is 10.4 Å². The predicted molar refractivity (Wildman–Crippen MR) is 69.9 cm³/mol. The highest BCUT2D eigenvalue weighted by atomic mass is 32.1. The molecule has 1 aromatic carbocycles. The summed E-state index contributed by atoms with van der Waals surface area (Å²) < 4.78 is 0. The first-order valence-electron chi connectivity index (χ1n) is 5.60. The number of carboxylic acids is 1. The third-order valence-electron chi connectivity index (χ3n) is 2.54. The molecule has 0 radical (unpaired) electrons. The van der Waals surface area contributed by atoms with E-state index in [2.05, 4.69) is 10.3 Å². The highest BCUT2D eigenvalue weighted by molar-refractivity contribution is 7.10. The molecule has 0 aliphatic heterocycles. The smallest absolute Gasteiger partial charge is 0.234 e. The van der Waals surface area contributed by atoms with Crippen LogP contribution in [0.3, 0.4) is 0 Å². The van der Waals surface area contributed by atoms with E-state index in [0.717, 1.165) is 11.3 Å². The van der Waals surface area contributed by atoms with Crippen molar-refractivity contribution in [1.82, 2.24) is 4.98 Å². The number of benzene rings is 1. The van der Waals surface area contributed by atoms with Gasteiger partial charge in [-0.25, -0.2) is 4.98 Å². The van der Waals surface area contributed by atoms with E-state index >= 15 is 0 Å². The highest BCUT2D eigenvalue weighted by Crippen LogP contribution is 2.21. The zero-order valence-electron chi connectivity index (χ0n) is 10.1. The number of hydrogen-bond donors (Lipinski definition) is 1. The number of nitrogens with zero attached hydrogens (tertiary/aromatic N) is 1. The van der Waals surface area contributed by atoms with Gasteiger partial charge >= 0.3 is 0 Å². The molecule has 0 saturated carbocycles. The monoisotopic (exact) mass is 275 g/mol. The van der Waals surface area contributed by atoms with Crippen LogP contribution in [0.25, 0.3) is 0 Å². The van der Waals surface area contributed by atoms with Crippen molar-refractivity contribution in [3.63, 3.8) is 0 Å². The Labute approximate surface area is 113 Å². The maximum atomic E-state index is 12.0. The van der Waals surface area contributed by atoms with E-state index in [1.54, 1.807) is 19.1 Å². The summed E-state index contributed by atoms with van der Waals surface area (Å²) in [4.78, 5) is 26.5. The number of para-hydroxylation sites is 1. The molecule has 0 aliphatic rings. The van der Waals surface area contributed by atoms with Gasteiger partial charge in [0.05, 0.1) is 17.6 Å². The molecule has 1 heterocycles. The van der Waals surface area contributed by atoms with Gasteiger partial charge in [-0.15, -0.1) is 11.3 Å². The van der Waals surface area contributed by atoms with Gasteiger partial charge in [-0.3, -0.25) is 4.79 Å². The molecule has 1 N–H and O–H groups in total. The summed E-state index contributed by atoms with van der Waals surface area (Å²) in [6.45, 7) is 1.68. The average molecular weight is 275 g/mol. The highest BCUT2D eigenvalue weighted by Gasteiger charge is 2.19. The molecule has 0 bridgehead atoms. The van der Waals surface area contributed by atoms with E-state index < -0.39 is 11.9 Å². The number of thiazole rings is 1. The Morgan fingerprint density at radius 1 is 1.32 bits per heavy atom. The second-order valence-electron chi connectivity index (χ2n) is 3.94. The summed E-state index contributed by atoms with van der Waals surface area (Å²) in [7, 11) is 0. The molecule has 5 nitrogen and oxygen atoms in total. The van der Waals surface area contributed by atoms with Crippen LogP contribution in [-0.2, 0) is 4.79 Å². The largest absolute Gasteiger partial charge is 0.543 e. The zero-order chi connectivity index (χ0) is 13.8. The molecule has 19 heavy (non-hydrogen) atoms. The number of amides is 1. The van der Waals surface area contributed by atoms with Gasteiger partial charge in [0.25, 0.3) is 0 Å². The van der Waals surface area contributed by atoms with Gasteiger partial charge in [0, 0.05) is 11.1 Å². The first-order valence-corrected chi connectivity index (χ1v) is 6.48. The molecule has 2 rings (SSSR count). The molecule has 1 atom stereocenters. The third-order valence-corrected chi connectivity index (χ3v) is 3.56. The van der Waals surface area contributed by atoms with E-state index in [-0.39, 0.29) is 11.6 Å². The van der Waals surface area contributed by atoms with E-state index in [9.17, 15) is 14.7 Å². The number of hydrogen-bond acceptors (Lipinski definition) is 5. The minimum atomic E-state index is -1.34. The van der Waals surface area contributed by atoms with Crippen molar-refractivity contribution in [2.75, 3.05) is 5.32 Å². The summed E-state index contributed by atoms with van der Waals surface area (Å²) >= 11 is 1.13. The number of carboxylic acid groups (broad SMARTS) is 1. The molecule has 2 aromatic rings. The first-order chi connectivity index (χ1) is 9.08. The summed E-state index contributed by atoms with van der Waals surface area (Å²) in [5.74, 6) is -2.08. The fourth-order valence-electron chi connectivity index (χ4n) is 1.46. The van der Waals surface area contributed by atoms with Gasteiger partial charge in [0.1, 0.15) is 5.01 Å². The summed E-state index contributed by atoms with van der Waals surface area (Å²) in [6.07, 6.45) is 0. The predicted octanol–water partition coefficient (Wildman–Crippen LogP) is 1.25. The molecular formula is C13H11N2O3S-. The SMILES string of the molecule is C[C@H](C(=O)Nc1ccccc1)c1nc(C(=O)[O-])cs1. The molecule has 0 spiro atoms. The van der Waals surface area contributed by atoms with Crippen LogP contribution in [0, 0.1) is 0 Å². The minimum Gasteiger partial charge on any atom is -0.543 e. The first kappa shape index (κ1) is 13.2. The second kappa shape index (κ2) is 5.62. The van der Waals surface area contributed by atoms with Crippen molar-refractivity contribution in [2.45, 2.75) is 12.8 Å². The Morgan fingerprint density at radius 3 is 2.58 bits per heavy atom. The van der Waals surface area contributed by atoms with Crippen LogP contribution in [0.4, 0.5) is 5.69 Å². The minimum absolute atomic E-state index is 0.139. The van der Waals surface area contributed by atoms with Gasteiger partial charge in [-0.05, 0) is 19.1 Å². The molecule has 0 fully saturated rings. The number of carbonyl (C=O) groups is 2. The van der Waals surface area contributed by atoms with E-state index in [0.29, 0.717) is 10.7 Å². The Hall–Kier alpha value is -2.21. The van der Waals surface area contributed by atoms with Crippen molar-refractivity contribution < 1.29 is 14.7 Å². The van der Waals surface area contributed by atoms with Gasteiger partial charge < -0.3 is 15.2 Å². The number of aromatic carboxylic acids is 1. The summed E-state index contributed by atoms with van der Waals surface area (Å²) in [6, 6.07) is 9.04. The molecule has 98 valence electrons. The Balaban J connectivity index is 2.08. The number of rotatable bonds is 4. The fourth-order valence-corrected chi connectivity index (χ4v) is 2.31. The topological polar surface area (TPSA) is 82.1 Å². The molecule has 1 aromatic heterocycles. The van der Waals surface area contributed by atoms with Crippen LogP contribution in [0.5, 0.6) is 0 Å². The quantitative estimate of drug-likeness (QED) is 0.910. The van der Waals surface area contributed by atoms with E-state index in [4.69, 9.17) is 0 Å². The number of aromatic nitrogens is 1. The maximum absolute atomic E-state index is 12.0. The van der Waals surface area contributed by atoms with Crippen molar-refractivity contribution in [3.8, 4) is 0 Å². The third kappa shape index (κ3) is 3.17. The van der Waals surface area contributed by atoms with Crippen LogP contribution in [0.15, 0.2) is 35.7 Å². The number of carbonyl (C=O) groups excluding carboxylic acids is 2. The fraction of sp³-hybridized carbons (Fsp3) is 0.154. The molecular weight excluding hydrogens is 264 g/mol. The van der Waals surface area contributed by atoms with Crippen molar-refractivity contribution in [1.29, 1.82) is 0 Å². The lowest BCUT2D eigenvalue weighted by Crippen LogP contribution is -2.23. The standard InChI is InChI=1S/C13H12N2O3S/c1-8(12-15-10(7-19-12)13(17)18)11(16)14-9-5-3-2-4-6-9/h2-8H,1H3,(H,14,16)(H,17,18)/p-1/t8-/m1/s1. The molecule has 0 aliphatic carbocycles. The second-order valence-corrected chi connectivity index (χ2v) is 4.83. The lowest BCUT2D eigenvalue weighted by Gasteiger charge is -2.09. The van der Waals surface area contributed by atoms with Gasteiger partial charge in [0.15, 0.2) is 0 Å². The number of anilines is 1. The van der Waals surface area contributed by atoms with Gasteiger partial charge in [-0.2, -0.15) is 0 Å². The van der Waals surface area contributed by atoms with E-state index in [1.807, 2.05) is 18.2 Å². The van der Waals surface area contributed by atoms with Crippen molar-refractivity contribution >= 4 is 28.9 Å². The normalized spacial score (nSPS) is 11.8.